The van der Waals surface area contributed by atoms with E-state index in [2.05, 4.69) is 16.4 Å². The number of aryl methyl sites for hydroxylation is 1. The van der Waals surface area contributed by atoms with Gasteiger partial charge in [0.1, 0.15) is 0 Å². The molecule has 0 saturated carbocycles. The lowest BCUT2D eigenvalue weighted by molar-refractivity contribution is 0.642. The summed E-state index contributed by atoms with van der Waals surface area (Å²) < 4.78 is 0. The number of nitrogens with one attached hydrogen (secondary N) is 2. The van der Waals surface area contributed by atoms with Crippen LogP contribution in [0.15, 0.2) is 34.4 Å². The van der Waals surface area contributed by atoms with Crippen molar-refractivity contribution in [1.29, 1.82) is 0 Å². The van der Waals surface area contributed by atoms with E-state index < -0.39 is 0 Å². The molecule has 0 aliphatic heterocycles. The first-order chi connectivity index (χ1) is 8.74. The van der Waals surface area contributed by atoms with Crippen LogP contribution in [0.5, 0.6) is 0 Å². The van der Waals surface area contributed by atoms with Crippen LogP contribution in [0.25, 0.3) is 0 Å². The van der Waals surface area contributed by atoms with Gasteiger partial charge in [0.2, 0.25) is 0 Å². The number of rotatable bonds is 6. The number of benzene rings is 1. The van der Waals surface area contributed by atoms with Gasteiger partial charge in [0.05, 0.1) is 0 Å². The number of aromatic amines is 1. The van der Waals surface area contributed by atoms with Gasteiger partial charge in [-0.3, -0.25) is 4.79 Å². The first-order valence-corrected chi connectivity index (χ1v) is 6.84. The summed E-state index contributed by atoms with van der Waals surface area (Å²) in [5.74, 6) is 0. The Morgan fingerprint density at radius 2 is 2.28 bits per heavy atom. The average Bonchev–Trinajstić information content (AvgIpc) is 2.75. The van der Waals surface area contributed by atoms with Gasteiger partial charge in [-0.1, -0.05) is 23.5 Å². The summed E-state index contributed by atoms with van der Waals surface area (Å²) in [6.07, 6.45) is 2.07. The normalized spacial score (nSPS) is 10.7. The number of anilines is 1. The third-order valence-electron chi connectivity index (χ3n) is 2.66. The molecule has 0 fully saturated rings. The molecule has 0 amide bonds. The molecule has 4 nitrogen and oxygen atoms in total. The van der Waals surface area contributed by atoms with Crippen molar-refractivity contribution < 1.29 is 0 Å². The summed E-state index contributed by atoms with van der Waals surface area (Å²) >= 11 is 1.20. The van der Waals surface area contributed by atoms with E-state index in [9.17, 15) is 4.79 Å². The SMILES string of the molecule is Nc1cccc(CCCNCc2csc(=O)[nH]2)c1. The van der Waals surface area contributed by atoms with Gasteiger partial charge in [-0.2, -0.15) is 0 Å². The molecule has 2 rings (SSSR count). The topological polar surface area (TPSA) is 70.9 Å². The highest BCUT2D eigenvalue weighted by molar-refractivity contribution is 7.07. The van der Waals surface area contributed by atoms with Crippen molar-refractivity contribution in [3.05, 3.63) is 50.6 Å². The standard InChI is InChI=1S/C13H17N3OS/c14-11-5-1-3-10(7-11)4-2-6-15-8-12-9-18-13(17)16-12/h1,3,5,7,9,15H,2,4,6,8,14H2,(H,16,17). The number of H-pyrrole nitrogens is 1. The summed E-state index contributed by atoms with van der Waals surface area (Å²) in [5.41, 5.74) is 8.75. The van der Waals surface area contributed by atoms with E-state index in [0.29, 0.717) is 0 Å². The fourth-order valence-corrected chi connectivity index (χ4v) is 2.37. The Morgan fingerprint density at radius 1 is 1.39 bits per heavy atom. The van der Waals surface area contributed by atoms with Crippen LogP contribution in [0, 0.1) is 0 Å². The number of nitrogen functional groups attached to an aromatic ring is 1. The Labute approximate surface area is 110 Å². The van der Waals surface area contributed by atoms with E-state index in [4.69, 9.17) is 5.73 Å². The molecule has 0 radical (unpaired) electrons. The van der Waals surface area contributed by atoms with Gasteiger partial charge in [-0.15, -0.1) is 0 Å². The lowest BCUT2D eigenvalue weighted by Crippen LogP contribution is -2.16. The second kappa shape index (κ2) is 6.37. The summed E-state index contributed by atoms with van der Waals surface area (Å²) in [6, 6.07) is 7.98. The number of hydrogen-bond acceptors (Lipinski definition) is 4. The maximum Gasteiger partial charge on any atom is 0.304 e. The second-order valence-electron chi connectivity index (χ2n) is 4.20. The predicted molar refractivity (Wildman–Crippen MR) is 75.8 cm³/mol. The van der Waals surface area contributed by atoms with Crippen molar-refractivity contribution >= 4 is 17.0 Å². The molecule has 0 aliphatic rings. The number of nitrogens with two attached hydrogens (primary N) is 1. The van der Waals surface area contributed by atoms with E-state index in [1.165, 1.54) is 16.9 Å². The summed E-state index contributed by atoms with van der Waals surface area (Å²) in [6.45, 7) is 1.64. The Kier molecular flexibility index (Phi) is 4.55. The Morgan fingerprint density at radius 3 is 3.00 bits per heavy atom. The molecule has 0 aliphatic carbocycles. The van der Waals surface area contributed by atoms with Crippen molar-refractivity contribution in [2.24, 2.45) is 0 Å². The molecule has 4 N–H and O–H groups in total. The van der Waals surface area contributed by atoms with Crippen molar-refractivity contribution in [3.8, 4) is 0 Å². The van der Waals surface area contributed by atoms with Gasteiger partial charge in [0.25, 0.3) is 0 Å². The highest BCUT2D eigenvalue weighted by atomic mass is 32.1. The minimum absolute atomic E-state index is 0.00607. The Bertz CT molecular complexity index is 547. The molecule has 18 heavy (non-hydrogen) atoms. The first kappa shape index (κ1) is 12.9. The molecular formula is C13H17N3OS. The lowest BCUT2D eigenvalue weighted by atomic mass is 10.1. The molecule has 2 aromatic rings. The van der Waals surface area contributed by atoms with Crippen LogP contribution < -0.4 is 15.9 Å². The maximum absolute atomic E-state index is 10.9. The summed E-state index contributed by atoms with van der Waals surface area (Å²) in [4.78, 5) is 13.7. The van der Waals surface area contributed by atoms with Crippen molar-refractivity contribution in [1.82, 2.24) is 10.3 Å². The highest BCUT2D eigenvalue weighted by Crippen LogP contribution is 2.08. The second-order valence-corrected chi connectivity index (χ2v) is 5.04. The van der Waals surface area contributed by atoms with Crippen molar-refractivity contribution in [2.75, 3.05) is 12.3 Å². The monoisotopic (exact) mass is 263 g/mol. The van der Waals surface area contributed by atoms with Crippen LogP contribution in [-0.2, 0) is 13.0 Å². The molecule has 1 aromatic heterocycles. The largest absolute Gasteiger partial charge is 0.399 e. The van der Waals surface area contributed by atoms with Gasteiger partial charge in [-0.25, -0.2) is 0 Å². The minimum atomic E-state index is 0.00607. The van der Waals surface area contributed by atoms with Crippen LogP contribution >= 0.6 is 11.3 Å². The van der Waals surface area contributed by atoms with Crippen molar-refractivity contribution in [3.63, 3.8) is 0 Å². The number of hydrogen-bond donors (Lipinski definition) is 3. The Balaban J connectivity index is 1.66. The fraction of sp³-hybridized carbons (Fsp3) is 0.308. The molecule has 5 heteroatoms. The van der Waals surface area contributed by atoms with Crippen LogP contribution in [0.1, 0.15) is 17.7 Å². The van der Waals surface area contributed by atoms with Crippen LogP contribution in [0.2, 0.25) is 0 Å². The smallest absolute Gasteiger partial charge is 0.304 e. The van der Waals surface area contributed by atoms with E-state index in [0.717, 1.165) is 37.3 Å². The molecule has 96 valence electrons. The number of aromatic nitrogens is 1. The van der Waals surface area contributed by atoms with Crippen LogP contribution in [-0.4, -0.2) is 11.5 Å². The van der Waals surface area contributed by atoms with E-state index in [1.54, 1.807) is 0 Å². The fourth-order valence-electron chi connectivity index (χ4n) is 1.79. The van der Waals surface area contributed by atoms with Crippen LogP contribution in [0.4, 0.5) is 5.69 Å². The van der Waals surface area contributed by atoms with Crippen molar-refractivity contribution in [2.45, 2.75) is 19.4 Å². The Hall–Kier alpha value is -1.59. The first-order valence-electron chi connectivity index (χ1n) is 5.96. The van der Waals surface area contributed by atoms with E-state index in [1.807, 2.05) is 23.6 Å². The third-order valence-corrected chi connectivity index (χ3v) is 3.37. The summed E-state index contributed by atoms with van der Waals surface area (Å²) in [5, 5.41) is 5.16. The molecule has 0 spiro atoms. The predicted octanol–water partition coefficient (Wildman–Crippen LogP) is 1.74. The zero-order chi connectivity index (χ0) is 12.8. The highest BCUT2D eigenvalue weighted by Gasteiger charge is 1.97. The molecule has 0 unspecified atom stereocenters. The van der Waals surface area contributed by atoms with Gasteiger partial charge in [0.15, 0.2) is 0 Å². The molecule has 1 heterocycles. The lowest BCUT2D eigenvalue weighted by Gasteiger charge is -2.04. The van der Waals surface area contributed by atoms with Gasteiger partial charge in [-0.05, 0) is 37.1 Å². The maximum atomic E-state index is 10.9. The minimum Gasteiger partial charge on any atom is -0.399 e. The van der Waals surface area contributed by atoms with Gasteiger partial charge >= 0.3 is 4.87 Å². The molecule has 0 saturated heterocycles. The molecule has 0 bridgehead atoms. The zero-order valence-corrected chi connectivity index (χ0v) is 10.9. The van der Waals surface area contributed by atoms with E-state index >= 15 is 0 Å². The number of thiazole rings is 1. The zero-order valence-electron chi connectivity index (χ0n) is 10.1. The van der Waals surface area contributed by atoms with Crippen LogP contribution in [0.3, 0.4) is 0 Å². The van der Waals surface area contributed by atoms with E-state index in [-0.39, 0.29) is 4.87 Å². The molecule has 1 aromatic carbocycles. The average molecular weight is 263 g/mol. The molecular weight excluding hydrogens is 246 g/mol. The quantitative estimate of drug-likeness (QED) is 0.549. The third kappa shape index (κ3) is 4.01. The summed E-state index contributed by atoms with van der Waals surface area (Å²) in [7, 11) is 0. The van der Waals surface area contributed by atoms with Gasteiger partial charge < -0.3 is 16.0 Å². The molecule has 0 atom stereocenters. The van der Waals surface area contributed by atoms with Gasteiger partial charge in [0, 0.05) is 23.3 Å².